The summed E-state index contributed by atoms with van der Waals surface area (Å²) in [5.41, 5.74) is 2.29. The van der Waals surface area contributed by atoms with Crippen LogP contribution in [0.5, 0.6) is 11.5 Å². The summed E-state index contributed by atoms with van der Waals surface area (Å²) in [6.07, 6.45) is 1.71. The first-order chi connectivity index (χ1) is 16.5. The number of benzene rings is 2. The standard InChI is InChI=1S/C24H27N5O4S/c1-15-7-4-5-9-18(15)25-21(30)23-28-27-22(34-23)16-8-6-12-29(14-16)24(31)26-19-11-10-17(32-2)13-20(19)33-3/h4-5,7,9-11,13,16H,6,8,12,14H2,1-3H3,(H,25,30)(H,26,31)/t16-/m1/s1. The molecule has 1 aliphatic heterocycles. The van der Waals surface area contributed by atoms with E-state index in [2.05, 4.69) is 20.8 Å². The molecule has 1 fully saturated rings. The summed E-state index contributed by atoms with van der Waals surface area (Å²) in [6, 6.07) is 12.6. The van der Waals surface area contributed by atoms with Crippen LogP contribution in [0, 0.1) is 6.92 Å². The molecule has 1 aromatic heterocycles. The van der Waals surface area contributed by atoms with E-state index in [9.17, 15) is 9.59 Å². The minimum atomic E-state index is -0.282. The number of amides is 3. The number of methoxy groups -OCH3 is 2. The SMILES string of the molecule is COc1ccc(NC(=O)N2CCC[C@@H](c3nnc(C(=O)Nc4ccccc4C)s3)C2)c(OC)c1. The Hall–Kier alpha value is -3.66. The molecular weight excluding hydrogens is 454 g/mol. The van der Waals surface area contributed by atoms with E-state index in [0.717, 1.165) is 29.1 Å². The maximum Gasteiger partial charge on any atom is 0.321 e. The number of nitrogens with zero attached hydrogens (tertiary/aromatic N) is 3. The molecule has 1 atom stereocenters. The maximum absolute atomic E-state index is 12.9. The van der Waals surface area contributed by atoms with Crippen molar-refractivity contribution in [3.8, 4) is 11.5 Å². The van der Waals surface area contributed by atoms with Gasteiger partial charge in [-0.15, -0.1) is 10.2 Å². The Balaban J connectivity index is 1.40. The van der Waals surface area contributed by atoms with Gasteiger partial charge < -0.3 is 25.0 Å². The molecule has 4 rings (SSSR count). The van der Waals surface area contributed by atoms with Gasteiger partial charge in [-0.1, -0.05) is 29.5 Å². The number of piperidine rings is 1. The second-order valence-electron chi connectivity index (χ2n) is 8.00. The van der Waals surface area contributed by atoms with Gasteiger partial charge in [-0.2, -0.15) is 0 Å². The summed E-state index contributed by atoms with van der Waals surface area (Å²) in [4.78, 5) is 27.3. The summed E-state index contributed by atoms with van der Waals surface area (Å²) < 4.78 is 10.6. The lowest BCUT2D eigenvalue weighted by Gasteiger charge is -2.31. The number of hydrogen-bond donors (Lipinski definition) is 2. The maximum atomic E-state index is 12.9. The Kier molecular flexibility index (Phi) is 7.27. The Morgan fingerprint density at radius 3 is 2.65 bits per heavy atom. The molecule has 0 spiro atoms. The van der Waals surface area contributed by atoms with Crippen LogP contribution < -0.4 is 20.1 Å². The molecule has 2 aromatic carbocycles. The molecule has 3 amide bonds. The van der Waals surface area contributed by atoms with E-state index in [0.29, 0.717) is 35.3 Å². The first-order valence-electron chi connectivity index (χ1n) is 11.0. The molecule has 3 aromatic rings. The zero-order valence-corrected chi connectivity index (χ0v) is 20.1. The average molecular weight is 482 g/mol. The van der Waals surface area contributed by atoms with Crippen LogP contribution >= 0.6 is 11.3 Å². The Morgan fingerprint density at radius 2 is 1.88 bits per heavy atom. The second kappa shape index (κ2) is 10.5. The molecule has 2 heterocycles. The van der Waals surface area contributed by atoms with Crippen LogP contribution in [0.3, 0.4) is 0 Å². The van der Waals surface area contributed by atoms with Crippen molar-refractivity contribution in [2.45, 2.75) is 25.7 Å². The minimum absolute atomic E-state index is 0.0229. The van der Waals surface area contributed by atoms with Gasteiger partial charge in [-0.25, -0.2) is 4.79 Å². The monoisotopic (exact) mass is 481 g/mol. The molecule has 1 aliphatic rings. The summed E-state index contributed by atoms with van der Waals surface area (Å²) in [5, 5.41) is 15.2. The Labute approximate surface area is 202 Å². The van der Waals surface area contributed by atoms with Crippen LogP contribution in [-0.4, -0.2) is 54.3 Å². The Morgan fingerprint density at radius 1 is 1.06 bits per heavy atom. The quantitative estimate of drug-likeness (QED) is 0.536. The fourth-order valence-corrected chi connectivity index (χ4v) is 4.70. The number of rotatable bonds is 6. The van der Waals surface area contributed by atoms with Crippen molar-refractivity contribution >= 4 is 34.6 Å². The molecule has 0 bridgehead atoms. The third-order valence-corrected chi connectivity index (χ3v) is 6.82. The number of carbonyl (C=O) groups excluding carboxylic acids is 2. The van der Waals surface area contributed by atoms with Crippen LogP contribution in [0.4, 0.5) is 16.2 Å². The van der Waals surface area contributed by atoms with Gasteiger partial charge in [-0.05, 0) is 43.5 Å². The first-order valence-corrected chi connectivity index (χ1v) is 11.8. The van der Waals surface area contributed by atoms with Gasteiger partial charge in [-0.3, -0.25) is 4.79 Å². The predicted octanol–water partition coefficient (Wildman–Crippen LogP) is 4.53. The lowest BCUT2D eigenvalue weighted by molar-refractivity contribution is 0.102. The van der Waals surface area contributed by atoms with Gasteiger partial charge in [0.15, 0.2) is 0 Å². The van der Waals surface area contributed by atoms with Crippen LogP contribution in [0.2, 0.25) is 0 Å². The highest BCUT2D eigenvalue weighted by atomic mass is 32.1. The van der Waals surface area contributed by atoms with Gasteiger partial charge in [0.2, 0.25) is 5.01 Å². The molecule has 10 heteroatoms. The van der Waals surface area contributed by atoms with Gasteiger partial charge in [0, 0.05) is 30.8 Å². The number of aryl methyl sites for hydroxylation is 1. The second-order valence-corrected chi connectivity index (χ2v) is 9.01. The topological polar surface area (TPSA) is 106 Å². The van der Waals surface area contributed by atoms with Crippen molar-refractivity contribution in [1.29, 1.82) is 0 Å². The molecule has 2 N–H and O–H groups in total. The molecule has 0 saturated carbocycles. The lowest BCUT2D eigenvalue weighted by atomic mass is 9.99. The number of hydrogen-bond acceptors (Lipinski definition) is 7. The minimum Gasteiger partial charge on any atom is -0.497 e. The van der Waals surface area contributed by atoms with Gasteiger partial charge >= 0.3 is 6.03 Å². The van der Waals surface area contributed by atoms with E-state index < -0.39 is 0 Å². The average Bonchev–Trinajstić information content (AvgIpc) is 3.36. The van der Waals surface area contributed by atoms with E-state index in [-0.39, 0.29) is 17.9 Å². The zero-order chi connectivity index (χ0) is 24.1. The summed E-state index contributed by atoms with van der Waals surface area (Å²) >= 11 is 1.27. The van der Waals surface area contributed by atoms with E-state index in [1.807, 2.05) is 31.2 Å². The smallest absolute Gasteiger partial charge is 0.321 e. The number of aromatic nitrogens is 2. The zero-order valence-electron chi connectivity index (χ0n) is 19.3. The van der Waals surface area contributed by atoms with Crippen molar-refractivity contribution in [2.24, 2.45) is 0 Å². The van der Waals surface area contributed by atoms with Crippen molar-refractivity contribution in [3.05, 3.63) is 58.0 Å². The normalized spacial score (nSPS) is 15.5. The number of anilines is 2. The number of urea groups is 1. The lowest BCUT2D eigenvalue weighted by Crippen LogP contribution is -2.41. The molecule has 178 valence electrons. The van der Waals surface area contributed by atoms with Crippen molar-refractivity contribution in [2.75, 3.05) is 37.9 Å². The fraction of sp³-hybridized carbons (Fsp3) is 0.333. The van der Waals surface area contributed by atoms with Gasteiger partial charge in [0.1, 0.15) is 16.5 Å². The van der Waals surface area contributed by atoms with Crippen molar-refractivity contribution in [3.63, 3.8) is 0 Å². The molecule has 9 nitrogen and oxygen atoms in total. The number of ether oxygens (including phenoxy) is 2. The van der Waals surface area contributed by atoms with Crippen LogP contribution in [-0.2, 0) is 0 Å². The predicted molar refractivity (Wildman–Crippen MR) is 131 cm³/mol. The largest absolute Gasteiger partial charge is 0.497 e. The highest BCUT2D eigenvalue weighted by Gasteiger charge is 2.28. The molecule has 1 saturated heterocycles. The molecule has 0 aliphatic carbocycles. The van der Waals surface area contributed by atoms with E-state index >= 15 is 0 Å². The Bertz CT molecular complexity index is 1180. The van der Waals surface area contributed by atoms with Crippen molar-refractivity contribution in [1.82, 2.24) is 15.1 Å². The summed E-state index contributed by atoms with van der Waals surface area (Å²) in [7, 11) is 3.12. The van der Waals surface area contributed by atoms with Gasteiger partial charge in [0.25, 0.3) is 5.91 Å². The number of likely N-dealkylation sites (tertiary alicyclic amines) is 1. The third kappa shape index (κ3) is 5.28. The molecule has 0 radical (unpaired) electrons. The number of nitrogens with one attached hydrogen (secondary N) is 2. The van der Waals surface area contributed by atoms with E-state index in [1.54, 1.807) is 37.3 Å². The van der Waals surface area contributed by atoms with E-state index in [1.165, 1.54) is 11.3 Å². The number of para-hydroxylation sites is 1. The van der Waals surface area contributed by atoms with Crippen molar-refractivity contribution < 1.29 is 19.1 Å². The van der Waals surface area contributed by atoms with Crippen LogP contribution in [0.25, 0.3) is 0 Å². The third-order valence-electron chi connectivity index (χ3n) is 5.74. The molecule has 34 heavy (non-hydrogen) atoms. The van der Waals surface area contributed by atoms with Crippen LogP contribution in [0.15, 0.2) is 42.5 Å². The first kappa shape index (κ1) is 23.5. The highest BCUT2D eigenvalue weighted by Crippen LogP contribution is 2.32. The summed E-state index contributed by atoms with van der Waals surface area (Å²) in [6.45, 7) is 3.07. The molecule has 0 unspecified atom stereocenters. The summed E-state index contributed by atoms with van der Waals surface area (Å²) in [5.74, 6) is 0.908. The van der Waals surface area contributed by atoms with Gasteiger partial charge in [0.05, 0.1) is 19.9 Å². The van der Waals surface area contributed by atoms with E-state index in [4.69, 9.17) is 9.47 Å². The number of carbonyl (C=O) groups is 2. The highest BCUT2D eigenvalue weighted by molar-refractivity contribution is 7.13. The van der Waals surface area contributed by atoms with Crippen LogP contribution in [0.1, 0.15) is 39.1 Å². The molecular formula is C24H27N5O4S. The fourth-order valence-electron chi connectivity index (χ4n) is 3.84.